The van der Waals surface area contributed by atoms with Crippen LogP contribution in [0.1, 0.15) is 17.2 Å². The number of ether oxygens (including phenoxy) is 2. The van der Waals surface area contributed by atoms with E-state index < -0.39 is 23.5 Å². The predicted molar refractivity (Wildman–Crippen MR) is 139 cm³/mol. The van der Waals surface area contributed by atoms with Gasteiger partial charge in [0.2, 0.25) is 0 Å². The van der Waals surface area contributed by atoms with E-state index >= 15 is 0 Å². The number of anilines is 1. The third kappa shape index (κ3) is 4.56. The van der Waals surface area contributed by atoms with Crippen LogP contribution >= 0.6 is 22.6 Å². The Morgan fingerprint density at radius 2 is 1.71 bits per heavy atom. The van der Waals surface area contributed by atoms with Gasteiger partial charge in [-0.25, -0.2) is 0 Å². The van der Waals surface area contributed by atoms with E-state index in [1.165, 1.54) is 18.1 Å². The predicted octanol–water partition coefficient (Wildman–Crippen LogP) is 5.49. The molecule has 172 valence electrons. The van der Waals surface area contributed by atoms with Crippen molar-refractivity contribution in [3.8, 4) is 11.5 Å². The highest BCUT2D eigenvalue weighted by molar-refractivity contribution is 14.1. The van der Waals surface area contributed by atoms with Gasteiger partial charge in [-0.2, -0.15) is 0 Å². The maximum absolute atomic E-state index is 13.4. The molecule has 3 aromatic carbocycles. The van der Waals surface area contributed by atoms with Crippen LogP contribution in [-0.2, 0) is 9.59 Å². The van der Waals surface area contributed by atoms with Crippen molar-refractivity contribution in [3.63, 3.8) is 0 Å². The van der Waals surface area contributed by atoms with Crippen LogP contribution in [0.2, 0.25) is 0 Å². The average molecular weight is 567 g/mol. The molecule has 0 radical (unpaired) electrons. The van der Waals surface area contributed by atoms with Gasteiger partial charge in [0.05, 0.1) is 25.8 Å². The minimum absolute atomic E-state index is 0.0146. The van der Waals surface area contributed by atoms with E-state index in [9.17, 15) is 14.7 Å². The molecule has 1 heterocycles. The Hall–Kier alpha value is -3.59. The maximum atomic E-state index is 13.4. The third-order valence-corrected chi connectivity index (χ3v) is 6.26. The Bertz CT molecular complexity index is 1280. The van der Waals surface area contributed by atoms with E-state index in [-0.39, 0.29) is 5.57 Å². The fraction of sp³-hybridized carbons (Fsp3) is 0.111. The number of hydrogen-bond acceptors (Lipinski definition) is 5. The van der Waals surface area contributed by atoms with Crippen molar-refractivity contribution in [2.24, 2.45) is 0 Å². The molecule has 0 fully saturated rings. The van der Waals surface area contributed by atoms with Crippen molar-refractivity contribution in [1.29, 1.82) is 0 Å². The van der Waals surface area contributed by atoms with Crippen LogP contribution in [0.5, 0.6) is 11.5 Å². The molecule has 34 heavy (non-hydrogen) atoms. The second-order valence-corrected chi connectivity index (χ2v) is 8.78. The topological polar surface area (TPSA) is 76.1 Å². The number of nitrogens with zero attached hydrogens (tertiary/aromatic N) is 1. The number of aliphatic hydroxyl groups excluding tert-OH is 1. The van der Waals surface area contributed by atoms with Gasteiger partial charge >= 0.3 is 0 Å². The maximum Gasteiger partial charge on any atom is 0.294 e. The SMILES string of the molecule is COc1ccc(C2C(C(=O)/C=C/c3ccccc3)=C(O)C(=O)N2c2ccc(I)cc2)c(OC)c1. The van der Waals surface area contributed by atoms with E-state index in [1.807, 2.05) is 42.5 Å². The summed E-state index contributed by atoms with van der Waals surface area (Å²) < 4.78 is 11.9. The number of methoxy groups -OCH3 is 2. The molecule has 1 atom stereocenters. The average Bonchev–Trinajstić information content (AvgIpc) is 3.13. The monoisotopic (exact) mass is 567 g/mol. The number of benzene rings is 3. The Morgan fingerprint density at radius 3 is 2.35 bits per heavy atom. The molecular formula is C27H22INO5. The van der Waals surface area contributed by atoms with E-state index in [4.69, 9.17) is 9.47 Å². The van der Waals surface area contributed by atoms with E-state index in [0.29, 0.717) is 22.7 Å². The van der Waals surface area contributed by atoms with E-state index in [2.05, 4.69) is 22.6 Å². The molecule has 3 aromatic rings. The van der Waals surface area contributed by atoms with Gasteiger partial charge in [-0.1, -0.05) is 36.4 Å². The summed E-state index contributed by atoms with van der Waals surface area (Å²) in [6.45, 7) is 0. The number of carbonyl (C=O) groups excluding carboxylic acids is 2. The van der Waals surface area contributed by atoms with Crippen molar-refractivity contribution in [1.82, 2.24) is 0 Å². The molecule has 0 saturated heterocycles. The number of allylic oxidation sites excluding steroid dienone is 1. The largest absolute Gasteiger partial charge is 0.503 e. The van der Waals surface area contributed by atoms with Crippen LogP contribution in [0.25, 0.3) is 6.08 Å². The van der Waals surface area contributed by atoms with Crippen LogP contribution in [0.4, 0.5) is 5.69 Å². The molecule has 1 amide bonds. The second-order valence-electron chi connectivity index (χ2n) is 7.53. The standard InChI is InChI=1S/C27H22INO5/c1-33-20-13-14-21(23(16-20)34-2)25-24(22(30)15-8-17-6-4-3-5-7-17)26(31)27(32)29(25)19-11-9-18(28)10-12-19/h3-16,25,31H,1-2H3/b15-8+. The first-order valence-electron chi connectivity index (χ1n) is 10.5. The molecular weight excluding hydrogens is 545 g/mol. The molecule has 1 aliphatic heterocycles. The lowest BCUT2D eigenvalue weighted by atomic mass is 9.94. The third-order valence-electron chi connectivity index (χ3n) is 5.54. The molecule has 0 spiro atoms. The van der Waals surface area contributed by atoms with Gasteiger partial charge in [0.15, 0.2) is 11.5 Å². The summed E-state index contributed by atoms with van der Waals surface area (Å²) in [6.07, 6.45) is 3.03. The summed E-state index contributed by atoms with van der Waals surface area (Å²) in [5.41, 5.74) is 1.91. The summed E-state index contributed by atoms with van der Waals surface area (Å²) in [5.74, 6) is -0.703. The molecule has 7 heteroatoms. The van der Waals surface area contributed by atoms with Gasteiger partial charge in [-0.15, -0.1) is 0 Å². The van der Waals surface area contributed by atoms with Gasteiger partial charge < -0.3 is 14.6 Å². The van der Waals surface area contributed by atoms with Crippen LogP contribution in [-0.4, -0.2) is 31.0 Å². The summed E-state index contributed by atoms with van der Waals surface area (Å²) in [4.78, 5) is 28.0. The summed E-state index contributed by atoms with van der Waals surface area (Å²) in [6, 6.07) is 20.9. The summed E-state index contributed by atoms with van der Waals surface area (Å²) in [5, 5.41) is 10.9. The summed E-state index contributed by atoms with van der Waals surface area (Å²) >= 11 is 2.18. The Kier molecular flexibility index (Phi) is 7.02. The van der Waals surface area contributed by atoms with Crippen molar-refractivity contribution >= 4 is 46.0 Å². The first kappa shape index (κ1) is 23.6. The first-order chi connectivity index (χ1) is 16.4. The van der Waals surface area contributed by atoms with Crippen LogP contribution < -0.4 is 14.4 Å². The normalized spacial score (nSPS) is 15.8. The Balaban J connectivity index is 1.84. The molecule has 6 nitrogen and oxygen atoms in total. The molecule has 1 N–H and O–H groups in total. The first-order valence-corrected chi connectivity index (χ1v) is 11.5. The van der Waals surface area contributed by atoms with Crippen molar-refractivity contribution in [2.45, 2.75) is 6.04 Å². The number of carbonyl (C=O) groups is 2. The highest BCUT2D eigenvalue weighted by Crippen LogP contribution is 2.45. The zero-order chi connectivity index (χ0) is 24.2. The lowest BCUT2D eigenvalue weighted by molar-refractivity contribution is -0.117. The zero-order valence-electron chi connectivity index (χ0n) is 18.6. The fourth-order valence-electron chi connectivity index (χ4n) is 3.89. The minimum atomic E-state index is -0.888. The lowest BCUT2D eigenvalue weighted by Crippen LogP contribution is -2.31. The fourth-order valence-corrected chi connectivity index (χ4v) is 4.25. The van der Waals surface area contributed by atoms with E-state index in [0.717, 1.165) is 9.13 Å². The van der Waals surface area contributed by atoms with Gasteiger partial charge in [-0.3, -0.25) is 14.5 Å². The Morgan fingerprint density at radius 1 is 1.00 bits per heavy atom. The van der Waals surface area contributed by atoms with E-state index in [1.54, 1.807) is 43.5 Å². The second kappa shape index (κ2) is 10.1. The molecule has 0 aliphatic carbocycles. The molecule has 1 unspecified atom stereocenters. The minimum Gasteiger partial charge on any atom is -0.503 e. The number of aliphatic hydroxyl groups is 1. The lowest BCUT2D eigenvalue weighted by Gasteiger charge is -2.28. The van der Waals surface area contributed by atoms with Gasteiger partial charge in [0.1, 0.15) is 11.5 Å². The molecule has 4 rings (SSSR count). The van der Waals surface area contributed by atoms with Gasteiger partial charge in [-0.05, 0) is 70.6 Å². The highest BCUT2D eigenvalue weighted by atomic mass is 127. The molecule has 0 bridgehead atoms. The van der Waals surface area contributed by atoms with Gasteiger partial charge in [0, 0.05) is 20.9 Å². The Labute approximate surface area is 211 Å². The van der Waals surface area contributed by atoms with Crippen LogP contribution in [0, 0.1) is 3.57 Å². The zero-order valence-corrected chi connectivity index (χ0v) is 20.7. The summed E-state index contributed by atoms with van der Waals surface area (Å²) in [7, 11) is 3.05. The van der Waals surface area contributed by atoms with Gasteiger partial charge in [0.25, 0.3) is 5.91 Å². The van der Waals surface area contributed by atoms with Crippen LogP contribution in [0.15, 0.2) is 90.2 Å². The molecule has 0 aromatic heterocycles. The number of halogens is 1. The molecule has 1 aliphatic rings. The van der Waals surface area contributed by atoms with Crippen molar-refractivity contribution in [3.05, 3.63) is 105 Å². The number of hydrogen-bond donors (Lipinski definition) is 1. The number of amides is 1. The molecule has 0 saturated carbocycles. The van der Waals surface area contributed by atoms with Crippen LogP contribution in [0.3, 0.4) is 0 Å². The number of ketones is 1. The smallest absolute Gasteiger partial charge is 0.294 e. The number of rotatable bonds is 7. The quantitative estimate of drug-likeness (QED) is 0.302. The van der Waals surface area contributed by atoms with Crippen molar-refractivity contribution in [2.75, 3.05) is 19.1 Å². The highest BCUT2D eigenvalue weighted by Gasteiger charge is 2.45. The van der Waals surface area contributed by atoms with Crippen molar-refractivity contribution < 1.29 is 24.2 Å².